The minimum Gasteiger partial charge on any atom is -0.354 e. The highest BCUT2D eigenvalue weighted by Crippen LogP contribution is 2.38. The molecule has 0 saturated carbocycles. The third kappa shape index (κ3) is 5.12. The number of pyridine rings is 3. The van der Waals surface area contributed by atoms with Crippen LogP contribution in [-0.4, -0.2) is 41.2 Å². The molecule has 6 aromatic heterocycles. The quantitative estimate of drug-likeness (QED) is 0.180. The third-order valence-electron chi connectivity index (χ3n) is 9.00. The summed E-state index contributed by atoms with van der Waals surface area (Å²) in [6.07, 6.45) is 19.9. The molecule has 236 valence electrons. The number of aromatic nitrogens is 7. The van der Waals surface area contributed by atoms with E-state index in [4.69, 9.17) is 9.97 Å². The molecule has 0 spiro atoms. The van der Waals surface area contributed by atoms with Crippen LogP contribution in [0.1, 0.15) is 33.1 Å². The number of carbonyl (C=O) groups is 1. The number of nitrogens with zero attached hydrogens (tertiary/aromatic N) is 5. The van der Waals surface area contributed by atoms with E-state index >= 15 is 0 Å². The second-order valence-corrected chi connectivity index (χ2v) is 12.0. The number of fused-ring (bicyclic) bond motifs is 8. The summed E-state index contributed by atoms with van der Waals surface area (Å²) < 4.78 is 0. The lowest BCUT2D eigenvalue weighted by molar-refractivity contribution is 0.112. The van der Waals surface area contributed by atoms with Gasteiger partial charge in [-0.15, -0.1) is 0 Å². The number of hydrogen-bond acceptors (Lipinski definition) is 6. The van der Waals surface area contributed by atoms with Gasteiger partial charge < -0.3 is 9.97 Å². The zero-order chi connectivity index (χ0) is 33.4. The van der Waals surface area contributed by atoms with Crippen molar-refractivity contribution in [1.29, 1.82) is 0 Å². The van der Waals surface area contributed by atoms with Crippen LogP contribution in [0, 0.1) is 0 Å². The van der Waals surface area contributed by atoms with E-state index in [0.29, 0.717) is 5.56 Å². The molecule has 8 heterocycles. The maximum atomic E-state index is 11.6. The molecule has 8 bridgehead atoms. The Labute approximate surface area is 286 Å². The largest absolute Gasteiger partial charge is 0.354 e. The number of aromatic amines is 2. The van der Waals surface area contributed by atoms with Crippen molar-refractivity contribution in [2.24, 2.45) is 0 Å². The van der Waals surface area contributed by atoms with Crippen LogP contribution >= 0.6 is 0 Å². The molecule has 7 aromatic rings. The van der Waals surface area contributed by atoms with Crippen LogP contribution in [0.2, 0.25) is 0 Å². The number of rotatable bonds is 5. The van der Waals surface area contributed by atoms with E-state index in [1.54, 1.807) is 37.2 Å². The van der Waals surface area contributed by atoms with Crippen molar-refractivity contribution in [1.82, 2.24) is 34.9 Å². The molecule has 0 radical (unpaired) electrons. The molecule has 0 atom stereocenters. The summed E-state index contributed by atoms with van der Waals surface area (Å²) in [6.45, 7) is 0. The zero-order valence-electron chi connectivity index (χ0n) is 26.6. The first kappa shape index (κ1) is 29.1. The van der Waals surface area contributed by atoms with Crippen molar-refractivity contribution >= 4 is 52.7 Å². The van der Waals surface area contributed by atoms with E-state index in [9.17, 15) is 4.79 Å². The minimum absolute atomic E-state index is 0.607. The van der Waals surface area contributed by atoms with Crippen molar-refractivity contribution in [3.05, 3.63) is 150 Å². The van der Waals surface area contributed by atoms with Gasteiger partial charge >= 0.3 is 0 Å². The third-order valence-corrected chi connectivity index (χ3v) is 9.00. The molecular formula is C42H27N7O. The summed E-state index contributed by atoms with van der Waals surface area (Å²) in [5.74, 6) is 0. The Hall–Kier alpha value is -7.06. The van der Waals surface area contributed by atoms with Gasteiger partial charge in [-0.1, -0.05) is 24.3 Å². The normalized spacial score (nSPS) is 11.9. The van der Waals surface area contributed by atoms with E-state index in [2.05, 4.69) is 73.5 Å². The first-order valence-corrected chi connectivity index (χ1v) is 16.2. The number of H-pyrrole nitrogens is 2. The smallest absolute Gasteiger partial charge is 0.150 e. The second kappa shape index (κ2) is 12.2. The fourth-order valence-corrected chi connectivity index (χ4v) is 6.70. The Morgan fingerprint density at radius 1 is 0.380 bits per heavy atom. The molecule has 9 rings (SSSR count). The van der Waals surface area contributed by atoms with Gasteiger partial charge in [-0.05, 0) is 107 Å². The highest BCUT2D eigenvalue weighted by molar-refractivity contribution is 5.99. The molecule has 2 aliphatic rings. The van der Waals surface area contributed by atoms with Crippen molar-refractivity contribution in [2.45, 2.75) is 0 Å². The molecule has 2 aliphatic heterocycles. The molecule has 8 heteroatoms. The maximum absolute atomic E-state index is 11.6. The van der Waals surface area contributed by atoms with E-state index in [0.717, 1.165) is 95.6 Å². The Bertz CT molecular complexity index is 2600. The molecule has 50 heavy (non-hydrogen) atoms. The van der Waals surface area contributed by atoms with Gasteiger partial charge in [0.05, 0.1) is 22.8 Å². The van der Waals surface area contributed by atoms with Crippen LogP contribution < -0.4 is 0 Å². The lowest BCUT2D eigenvalue weighted by atomic mass is 10.0. The van der Waals surface area contributed by atoms with E-state index in [1.807, 2.05) is 60.7 Å². The molecular weight excluding hydrogens is 619 g/mol. The average Bonchev–Trinajstić information content (AvgIpc) is 4.01. The monoisotopic (exact) mass is 645 g/mol. The maximum Gasteiger partial charge on any atom is 0.150 e. The fraction of sp³-hybridized carbons (Fsp3) is 0. The summed E-state index contributed by atoms with van der Waals surface area (Å²) in [5, 5.41) is 0. The zero-order valence-corrected chi connectivity index (χ0v) is 26.6. The average molecular weight is 646 g/mol. The lowest BCUT2D eigenvalue weighted by Gasteiger charge is -2.07. The van der Waals surface area contributed by atoms with Gasteiger partial charge in [0.1, 0.15) is 6.29 Å². The van der Waals surface area contributed by atoms with Gasteiger partial charge in [0.15, 0.2) is 0 Å². The summed E-state index contributed by atoms with van der Waals surface area (Å²) >= 11 is 0. The van der Waals surface area contributed by atoms with Gasteiger partial charge in [0.2, 0.25) is 0 Å². The molecule has 1 aromatic carbocycles. The molecule has 0 amide bonds. The van der Waals surface area contributed by atoms with Gasteiger partial charge in [-0.25, -0.2) is 9.97 Å². The molecule has 2 N–H and O–H groups in total. The van der Waals surface area contributed by atoms with Crippen LogP contribution in [-0.2, 0) is 0 Å². The predicted molar refractivity (Wildman–Crippen MR) is 199 cm³/mol. The van der Waals surface area contributed by atoms with E-state index < -0.39 is 0 Å². The lowest BCUT2D eigenvalue weighted by Crippen LogP contribution is -1.90. The molecule has 8 nitrogen and oxygen atoms in total. The number of aldehydes is 1. The van der Waals surface area contributed by atoms with Crippen molar-refractivity contribution in [2.75, 3.05) is 0 Å². The van der Waals surface area contributed by atoms with Crippen LogP contribution in [0.3, 0.4) is 0 Å². The van der Waals surface area contributed by atoms with Crippen LogP contribution in [0.15, 0.2) is 122 Å². The molecule has 0 aliphatic carbocycles. The molecule has 0 saturated heterocycles. The van der Waals surface area contributed by atoms with Crippen LogP contribution in [0.25, 0.3) is 90.9 Å². The van der Waals surface area contributed by atoms with Gasteiger partial charge in [0.25, 0.3) is 0 Å². The van der Waals surface area contributed by atoms with Crippen LogP contribution in [0.4, 0.5) is 0 Å². The van der Waals surface area contributed by atoms with Gasteiger partial charge in [0, 0.05) is 87.1 Å². The number of carbonyl (C=O) groups excluding carboxylic acids is 1. The SMILES string of the molecule is O=Cc1ccc(-c2c3nc(c(-c4ccncc4)c4ccc([nH]4)c(-c4ccncc4)c4nc(c(-c5ccncc5)c5ccc2[nH]5)C=C4)C=C3)cc1. The van der Waals surface area contributed by atoms with E-state index in [-0.39, 0.29) is 0 Å². The van der Waals surface area contributed by atoms with Crippen molar-refractivity contribution < 1.29 is 4.79 Å². The molecule has 0 unspecified atom stereocenters. The number of hydrogen-bond donors (Lipinski definition) is 2. The van der Waals surface area contributed by atoms with Crippen LogP contribution in [0.5, 0.6) is 0 Å². The van der Waals surface area contributed by atoms with Crippen molar-refractivity contribution in [3.63, 3.8) is 0 Å². The minimum atomic E-state index is 0.607. The van der Waals surface area contributed by atoms with Crippen molar-refractivity contribution in [3.8, 4) is 44.5 Å². The number of benzene rings is 1. The predicted octanol–water partition coefficient (Wildman–Crippen LogP) is 9.32. The van der Waals surface area contributed by atoms with Gasteiger partial charge in [-0.3, -0.25) is 19.7 Å². The topological polar surface area (TPSA) is 113 Å². The molecule has 0 fully saturated rings. The Morgan fingerprint density at radius 2 is 0.680 bits per heavy atom. The second-order valence-electron chi connectivity index (χ2n) is 12.0. The Kier molecular flexibility index (Phi) is 7.10. The summed E-state index contributed by atoms with van der Waals surface area (Å²) in [5.41, 5.74) is 15.1. The first-order chi connectivity index (χ1) is 24.7. The summed E-state index contributed by atoms with van der Waals surface area (Å²) in [6, 6.07) is 27.9. The van der Waals surface area contributed by atoms with E-state index in [1.165, 1.54) is 0 Å². The standard InChI is InChI=1S/C42H27N7O/c50-25-26-1-3-27(4-2-26)39-31-5-7-33(46-31)40(28-13-19-43-20-14-28)35-9-11-37(48-35)42(30-17-23-45-24-18-30)38-12-10-36(49-38)41(29-15-21-44-22-16-29)34-8-6-32(39)47-34/h1-25,46,49H. The Balaban J connectivity index is 1.47. The highest BCUT2D eigenvalue weighted by atomic mass is 16.1. The Morgan fingerprint density at radius 3 is 0.980 bits per heavy atom. The fourth-order valence-electron chi connectivity index (χ4n) is 6.70. The highest BCUT2D eigenvalue weighted by Gasteiger charge is 2.19. The van der Waals surface area contributed by atoms with Gasteiger partial charge in [-0.2, -0.15) is 0 Å². The first-order valence-electron chi connectivity index (χ1n) is 16.2. The summed E-state index contributed by atoms with van der Waals surface area (Å²) in [7, 11) is 0. The number of nitrogens with one attached hydrogen (secondary N) is 2. The summed E-state index contributed by atoms with van der Waals surface area (Å²) in [4.78, 5) is 42.4.